The lowest BCUT2D eigenvalue weighted by atomic mass is 9.84. The average Bonchev–Trinajstić information content (AvgIpc) is 2.84. The Labute approximate surface area is 189 Å². The number of hydrogen-bond acceptors (Lipinski definition) is 3. The number of amides is 2. The van der Waals surface area contributed by atoms with Gasteiger partial charge in [-0.2, -0.15) is 0 Å². The van der Waals surface area contributed by atoms with Gasteiger partial charge < -0.3 is 14.5 Å². The molecule has 2 amide bonds. The first kappa shape index (κ1) is 21.6. The van der Waals surface area contributed by atoms with Gasteiger partial charge in [0.2, 0.25) is 5.91 Å². The number of para-hydroxylation sites is 2. The van der Waals surface area contributed by atoms with Crippen molar-refractivity contribution in [3.8, 4) is 5.75 Å². The summed E-state index contributed by atoms with van der Waals surface area (Å²) in [6.07, 6.45) is 0.571. The quantitative estimate of drug-likeness (QED) is 0.556. The van der Waals surface area contributed by atoms with Crippen LogP contribution in [0, 0.1) is 0 Å². The van der Waals surface area contributed by atoms with E-state index < -0.39 is 0 Å². The summed E-state index contributed by atoms with van der Waals surface area (Å²) >= 11 is 0. The van der Waals surface area contributed by atoms with Gasteiger partial charge >= 0.3 is 0 Å². The number of carbonyl (C=O) groups excluding carboxylic acids is 2. The Kier molecular flexibility index (Phi) is 6.26. The fraction of sp³-hybridized carbons (Fsp3) is 0.259. The molecule has 32 heavy (non-hydrogen) atoms. The second kappa shape index (κ2) is 9.27. The summed E-state index contributed by atoms with van der Waals surface area (Å²) in [4.78, 5) is 30.8. The number of carbonyl (C=O) groups is 2. The molecule has 0 fully saturated rings. The molecule has 0 N–H and O–H groups in total. The van der Waals surface area contributed by atoms with Crippen LogP contribution in [0.25, 0.3) is 0 Å². The van der Waals surface area contributed by atoms with E-state index in [2.05, 4.69) is 0 Å². The highest BCUT2D eigenvalue weighted by atomic mass is 16.5. The van der Waals surface area contributed by atoms with E-state index in [-0.39, 0.29) is 23.8 Å². The zero-order valence-electron chi connectivity index (χ0n) is 18.7. The predicted molar refractivity (Wildman–Crippen MR) is 128 cm³/mol. The van der Waals surface area contributed by atoms with Crippen molar-refractivity contribution in [1.82, 2.24) is 0 Å². The predicted octanol–water partition coefficient (Wildman–Crippen LogP) is 5.27. The van der Waals surface area contributed by atoms with Crippen molar-refractivity contribution in [1.29, 1.82) is 0 Å². The molecule has 2 atom stereocenters. The zero-order chi connectivity index (χ0) is 22.7. The van der Waals surface area contributed by atoms with E-state index in [0.717, 1.165) is 16.9 Å². The van der Waals surface area contributed by atoms with Crippen LogP contribution in [-0.2, 0) is 4.79 Å². The number of benzene rings is 3. The monoisotopic (exact) mass is 428 g/mol. The molecule has 5 heteroatoms. The van der Waals surface area contributed by atoms with E-state index in [1.165, 1.54) is 0 Å². The first-order chi connectivity index (χ1) is 15.5. The van der Waals surface area contributed by atoms with Gasteiger partial charge in [0.05, 0.1) is 13.0 Å². The van der Waals surface area contributed by atoms with E-state index in [1.54, 1.807) is 31.4 Å². The Bertz CT molecular complexity index is 1100. The van der Waals surface area contributed by atoms with Gasteiger partial charge in [0, 0.05) is 29.5 Å². The molecule has 3 aromatic carbocycles. The smallest absolute Gasteiger partial charge is 0.258 e. The zero-order valence-corrected chi connectivity index (χ0v) is 18.7. The lowest BCUT2D eigenvalue weighted by Gasteiger charge is -2.40. The van der Waals surface area contributed by atoms with Gasteiger partial charge in [0.25, 0.3) is 5.91 Å². The number of ether oxygens (including phenoxy) is 1. The number of nitrogens with zero attached hydrogens (tertiary/aromatic N) is 2. The van der Waals surface area contributed by atoms with Crippen LogP contribution in [-0.4, -0.2) is 31.5 Å². The standard InChI is InChI=1S/C27H28N2O3/c1-4-28(21-10-6-5-7-11-21)27(31)24-18-19(2)29(25-13-9-8-12-23(24)25)26(30)20-14-16-22(32-3)17-15-20/h5-17,19,24H,4,18H2,1-3H3. The number of fused-ring (bicyclic) bond motifs is 1. The third kappa shape index (κ3) is 3.98. The van der Waals surface area contributed by atoms with Crippen LogP contribution in [0.15, 0.2) is 78.9 Å². The molecule has 1 aliphatic heterocycles. The Morgan fingerprint density at radius 2 is 1.62 bits per heavy atom. The third-order valence-corrected chi connectivity index (χ3v) is 6.09. The van der Waals surface area contributed by atoms with Gasteiger partial charge in [-0.15, -0.1) is 0 Å². The average molecular weight is 429 g/mol. The maximum Gasteiger partial charge on any atom is 0.258 e. The Balaban J connectivity index is 1.69. The molecule has 5 nitrogen and oxygen atoms in total. The second-order valence-corrected chi connectivity index (χ2v) is 8.02. The van der Waals surface area contributed by atoms with Crippen molar-refractivity contribution >= 4 is 23.2 Å². The molecule has 0 saturated carbocycles. The van der Waals surface area contributed by atoms with Crippen molar-refractivity contribution in [2.24, 2.45) is 0 Å². The molecule has 0 saturated heterocycles. The van der Waals surface area contributed by atoms with Crippen LogP contribution in [0.4, 0.5) is 11.4 Å². The van der Waals surface area contributed by atoms with Crippen molar-refractivity contribution in [2.45, 2.75) is 32.2 Å². The Morgan fingerprint density at radius 3 is 2.28 bits per heavy atom. The molecule has 1 aliphatic rings. The lowest BCUT2D eigenvalue weighted by molar-refractivity contribution is -0.120. The fourth-order valence-electron chi connectivity index (χ4n) is 4.49. The molecule has 3 aromatic rings. The topological polar surface area (TPSA) is 49.9 Å². The number of anilines is 2. The molecule has 0 radical (unpaired) electrons. The molecule has 1 heterocycles. The first-order valence-electron chi connectivity index (χ1n) is 11.0. The first-order valence-corrected chi connectivity index (χ1v) is 11.0. The summed E-state index contributed by atoms with van der Waals surface area (Å²) in [5.41, 5.74) is 3.18. The van der Waals surface area contributed by atoms with Gasteiger partial charge in [-0.1, -0.05) is 36.4 Å². The van der Waals surface area contributed by atoms with Gasteiger partial charge in [0.15, 0.2) is 0 Å². The number of hydrogen-bond donors (Lipinski definition) is 0. The maximum atomic E-state index is 13.7. The van der Waals surface area contributed by atoms with Crippen LogP contribution >= 0.6 is 0 Å². The molecule has 0 aromatic heterocycles. The van der Waals surface area contributed by atoms with E-state index in [9.17, 15) is 9.59 Å². The second-order valence-electron chi connectivity index (χ2n) is 8.02. The van der Waals surface area contributed by atoms with E-state index in [0.29, 0.717) is 24.3 Å². The molecular weight excluding hydrogens is 400 g/mol. The number of methoxy groups -OCH3 is 1. The summed E-state index contributed by atoms with van der Waals surface area (Å²) in [6, 6.07) is 24.5. The van der Waals surface area contributed by atoms with Crippen molar-refractivity contribution in [3.05, 3.63) is 90.0 Å². The largest absolute Gasteiger partial charge is 0.497 e. The highest BCUT2D eigenvalue weighted by Gasteiger charge is 2.38. The van der Waals surface area contributed by atoms with Crippen LogP contribution in [0.1, 0.15) is 42.1 Å². The van der Waals surface area contributed by atoms with Crippen molar-refractivity contribution < 1.29 is 14.3 Å². The molecule has 164 valence electrons. The summed E-state index contributed by atoms with van der Waals surface area (Å²) in [5.74, 6) is 0.393. The fourth-order valence-corrected chi connectivity index (χ4v) is 4.49. The lowest BCUT2D eigenvalue weighted by Crippen LogP contribution is -2.46. The Morgan fingerprint density at radius 1 is 0.969 bits per heavy atom. The van der Waals surface area contributed by atoms with Gasteiger partial charge in [-0.05, 0) is 68.3 Å². The SMILES string of the molecule is CCN(C(=O)C1CC(C)N(C(=O)c2ccc(OC)cc2)c2ccccc21)c1ccccc1. The van der Waals surface area contributed by atoms with Gasteiger partial charge in [-0.3, -0.25) is 9.59 Å². The minimum Gasteiger partial charge on any atom is -0.497 e. The van der Waals surface area contributed by atoms with Crippen LogP contribution in [0.3, 0.4) is 0 Å². The minimum absolute atomic E-state index is 0.0644. The minimum atomic E-state index is -0.304. The number of rotatable bonds is 5. The van der Waals surface area contributed by atoms with E-state index in [1.807, 2.05) is 78.2 Å². The van der Waals surface area contributed by atoms with Crippen LogP contribution < -0.4 is 14.5 Å². The summed E-state index contributed by atoms with van der Waals surface area (Å²) < 4.78 is 5.21. The highest BCUT2D eigenvalue weighted by molar-refractivity contribution is 6.09. The molecule has 0 aliphatic carbocycles. The molecule has 0 spiro atoms. The maximum absolute atomic E-state index is 13.7. The number of likely N-dealkylation sites (N-methyl/N-ethyl adjacent to an activating group) is 1. The van der Waals surface area contributed by atoms with E-state index >= 15 is 0 Å². The van der Waals surface area contributed by atoms with Gasteiger partial charge in [-0.25, -0.2) is 0 Å². The Hall–Kier alpha value is -3.60. The van der Waals surface area contributed by atoms with Crippen molar-refractivity contribution in [2.75, 3.05) is 23.5 Å². The van der Waals surface area contributed by atoms with Crippen LogP contribution in [0.5, 0.6) is 5.75 Å². The van der Waals surface area contributed by atoms with Crippen LogP contribution in [0.2, 0.25) is 0 Å². The molecule has 2 unspecified atom stereocenters. The van der Waals surface area contributed by atoms with Gasteiger partial charge in [0.1, 0.15) is 5.75 Å². The molecule has 0 bridgehead atoms. The summed E-state index contributed by atoms with van der Waals surface area (Å²) in [5, 5.41) is 0. The summed E-state index contributed by atoms with van der Waals surface area (Å²) in [6.45, 7) is 4.59. The molecular formula is C27H28N2O3. The highest BCUT2D eigenvalue weighted by Crippen LogP contribution is 2.40. The summed E-state index contributed by atoms with van der Waals surface area (Å²) in [7, 11) is 1.60. The molecule has 4 rings (SSSR count). The van der Waals surface area contributed by atoms with E-state index in [4.69, 9.17) is 4.74 Å². The third-order valence-electron chi connectivity index (χ3n) is 6.09. The van der Waals surface area contributed by atoms with Crippen molar-refractivity contribution in [3.63, 3.8) is 0 Å². The normalized spacial score (nSPS) is 17.4.